The van der Waals surface area contributed by atoms with Gasteiger partial charge in [0.05, 0.1) is 0 Å². The van der Waals surface area contributed by atoms with Gasteiger partial charge in [-0.3, -0.25) is 0 Å². The van der Waals surface area contributed by atoms with Crippen LogP contribution in [0.25, 0.3) is 0 Å². The van der Waals surface area contributed by atoms with Crippen molar-refractivity contribution in [3.05, 3.63) is 17.7 Å². The molecule has 0 fully saturated rings. The lowest BCUT2D eigenvalue weighted by Crippen LogP contribution is -2.10. The third kappa shape index (κ3) is 1.90. The number of hydrogen-bond donors (Lipinski definition) is 3. The fraction of sp³-hybridized carbons (Fsp3) is 0.400. The van der Waals surface area contributed by atoms with Gasteiger partial charge < -0.3 is 15.3 Å². The Morgan fingerprint density at radius 1 is 1.07 bits per heavy atom. The van der Waals surface area contributed by atoms with E-state index in [-0.39, 0.29) is 16.2 Å². The van der Waals surface area contributed by atoms with Crippen LogP contribution < -0.4 is 0 Å². The minimum absolute atomic E-state index is 0.206. The quantitative estimate of drug-likeness (QED) is 0.662. The van der Waals surface area contributed by atoms with Crippen LogP contribution in [0.15, 0.2) is 12.1 Å². The number of thioether (sulfide) groups is 1. The van der Waals surface area contributed by atoms with Crippen LogP contribution in [0.2, 0.25) is 0 Å². The molecule has 0 saturated carbocycles. The highest BCUT2D eigenvalue weighted by molar-refractivity contribution is 7.99. The van der Waals surface area contributed by atoms with Gasteiger partial charge in [0.25, 0.3) is 0 Å². The standard InChI is InChI=1S/C10H14O3S/c1-10(2,14-3)6-4-7(11)9(13)8(12)5-6/h4-5,11-13H,1-3H3. The molecular formula is C10H14O3S. The van der Waals surface area contributed by atoms with Crippen LogP contribution in [0.4, 0.5) is 0 Å². The molecule has 1 rings (SSSR count). The number of phenols is 3. The van der Waals surface area contributed by atoms with Gasteiger partial charge in [-0.05, 0) is 37.8 Å². The van der Waals surface area contributed by atoms with Crippen LogP contribution in [0.3, 0.4) is 0 Å². The van der Waals surface area contributed by atoms with E-state index in [0.717, 1.165) is 5.56 Å². The molecule has 0 amide bonds. The third-order valence-corrected chi connectivity index (χ3v) is 3.53. The topological polar surface area (TPSA) is 60.7 Å². The normalized spacial score (nSPS) is 11.6. The minimum Gasteiger partial charge on any atom is -0.504 e. The first-order valence-corrected chi connectivity index (χ1v) is 5.41. The summed E-state index contributed by atoms with van der Waals surface area (Å²) in [5, 5.41) is 27.8. The molecule has 0 saturated heterocycles. The predicted molar refractivity (Wildman–Crippen MR) is 58.0 cm³/mol. The molecule has 78 valence electrons. The van der Waals surface area contributed by atoms with Crippen LogP contribution >= 0.6 is 11.8 Å². The largest absolute Gasteiger partial charge is 0.504 e. The first-order valence-electron chi connectivity index (χ1n) is 4.19. The molecule has 0 heterocycles. The van der Waals surface area contributed by atoms with Gasteiger partial charge in [-0.25, -0.2) is 0 Å². The summed E-state index contributed by atoms with van der Waals surface area (Å²) in [7, 11) is 0. The fourth-order valence-corrected chi connectivity index (χ4v) is 1.42. The lowest BCUT2D eigenvalue weighted by molar-refractivity contribution is 0.366. The van der Waals surface area contributed by atoms with Crippen molar-refractivity contribution in [1.82, 2.24) is 0 Å². The molecule has 3 nitrogen and oxygen atoms in total. The lowest BCUT2D eigenvalue weighted by atomic mass is 10.0. The average Bonchev–Trinajstić information content (AvgIpc) is 2.13. The number of phenolic OH excluding ortho intramolecular Hbond substituents is 3. The molecule has 0 radical (unpaired) electrons. The SMILES string of the molecule is CSC(C)(C)c1cc(O)c(O)c(O)c1. The van der Waals surface area contributed by atoms with Gasteiger partial charge in [0.1, 0.15) is 0 Å². The summed E-state index contributed by atoms with van der Waals surface area (Å²) < 4.78 is -0.206. The van der Waals surface area contributed by atoms with E-state index in [1.807, 2.05) is 20.1 Å². The summed E-state index contributed by atoms with van der Waals surface area (Å²) in [6.45, 7) is 3.95. The molecule has 1 aromatic rings. The summed E-state index contributed by atoms with van der Waals surface area (Å²) in [5.41, 5.74) is 0.776. The highest BCUT2D eigenvalue weighted by Crippen LogP contribution is 2.42. The van der Waals surface area contributed by atoms with Gasteiger partial charge in [0.2, 0.25) is 0 Å². The zero-order valence-electron chi connectivity index (χ0n) is 8.40. The second-order valence-corrected chi connectivity index (χ2v) is 5.01. The molecule has 0 aromatic heterocycles. The van der Waals surface area contributed by atoms with Crippen molar-refractivity contribution in [1.29, 1.82) is 0 Å². The Morgan fingerprint density at radius 3 is 1.86 bits per heavy atom. The molecule has 4 heteroatoms. The van der Waals surface area contributed by atoms with Crippen molar-refractivity contribution >= 4 is 11.8 Å². The molecule has 3 N–H and O–H groups in total. The van der Waals surface area contributed by atoms with E-state index in [0.29, 0.717) is 0 Å². The van der Waals surface area contributed by atoms with Gasteiger partial charge in [0.15, 0.2) is 17.2 Å². The summed E-state index contributed by atoms with van der Waals surface area (Å²) >= 11 is 1.60. The molecule has 0 aliphatic carbocycles. The van der Waals surface area contributed by atoms with Crippen LogP contribution in [0.5, 0.6) is 17.2 Å². The fourth-order valence-electron chi connectivity index (χ4n) is 1.07. The van der Waals surface area contributed by atoms with Crippen molar-refractivity contribution in [2.45, 2.75) is 18.6 Å². The monoisotopic (exact) mass is 214 g/mol. The van der Waals surface area contributed by atoms with Crippen molar-refractivity contribution < 1.29 is 15.3 Å². The van der Waals surface area contributed by atoms with Gasteiger partial charge >= 0.3 is 0 Å². The molecule has 1 aromatic carbocycles. The van der Waals surface area contributed by atoms with Gasteiger partial charge in [-0.1, -0.05) is 0 Å². The van der Waals surface area contributed by atoms with Crippen LogP contribution in [0, 0.1) is 0 Å². The Balaban J connectivity index is 3.26. The van der Waals surface area contributed by atoms with E-state index in [2.05, 4.69) is 0 Å². The second kappa shape index (κ2) is 3.61. The van der Waals surface area contributed by atoms with E-state index >= 15 is 0 Å². The van der Waals surface area contributed by atoms with Crippen molar-refractivity contribution in [3.63, 3.8) is 0 Å². The minimum atomic E-state index is -0.467. The Morgan fingerprint density at radius 2 is 1.50 bits per heavy atom. The van der Waals surface area contributed by atoms with Crippen molar-refractivity contribution in [2.24, 2.45) is 0 Å². The maximum Gasteiger partial charge on any atom is 0.200 e. The van der Waals surface area contributed by atoms with Crippen molar-refractivity contribution in [3.8, 4) is 17.2 Å². The van der Waals surface area contributed by atoms with Crippen molar-refractivity contribution in [2.75, 3.05) is 6.26 Å². The third-order valence-electron chi connectivity index (χ3n) is 2.28. The molecule has 0 bridgehead atoms. The molecule has 0 aliphatic rings. The molecular weight excluding hydrogens is 200 g/mol. The Hall–Kier alpha value is -1.03. The van der Waals surface area contributed by atoms with E-state index in [1.54, 1.807) is 11.8 Å². The molecule has 0 atom stereocenters. The zero-order valence-corrected chi connectivity index (χ0v) is 9.22. The molecule has 0 aliphatic heterocycles. The Kier molecular flexibility index (Phi) is 2.85. The lowest BCUT2D eigenvalue weighted by Gasteiger charge is -2.23. The van der Waals surface area contributed by atoms with Crippen LogP contribution in [-0.2, 0) is 4.75 Å². The number of aromatic hydroxyl groups is 3. The Bertz CT molecular complexity index is 324. The van der Waals surface area contributed by atoms with Gasteiger partial charge in [0, 0.05) is 4.75 Å². The maximum absolute atomic E-state index is 9.32. The first-order chi connectivity index (χ1) is 6.38. The predicted octanol–water partition coefficient (Wildman–Crippen LogP) is 2.40. The summed E-state index contributed by atoms with van der Waals surface area (Å²) in [6, 6.07) is 2.93. The molecule has 0 unspecified atom stereocenters. The Labute approximate surface area is 87.4 Å². The van der Waals surface area contributed by atoms with E-state index in [1.165, 1.54) is 12.1 Å². The highest BCUT2D eigenvalue weighted by Gasteiger charge is 2.22. The average molecular weight is 214 g/mol. The summed E-state index contributed by atoms with van der Waals surface area (Å²) in [6.07, 6.45) is 1.95. The van der Waals surface area contributed by atoms with E-state index in [4.69, 9.17) is 5.11 Å². The second-order valence-electron chi connectivity index (χ2n) is 3.58. The van der Waals surface area contributed by atoms with Crippen LogP contribution in [0.1, 0.15) is 19.4 Å². The maximum atomic E-state index is 9.32. The van der Waals surface area contributed by atoms with E-state index in [9.17, 15) is 10.2 Å². The smallest absolute Gasteiger partial charge is 0.200 e. The van der Waals surface area contributed by atoms with Crippen LogP contribution in [-0.4, -0.2) is 21.6 Å². The number of benzene rings is 1. The highest BCUT2D eigenvalue weighted by atomic mass is 32.2. The summed E-state index contributed by atoms with van der Waals surface area (Å²) in [5.74, 6) is -1.05. The molecule has 14 heavy (non-hydrogen) atoms. The summed E-state index contributed by atoms with van der Waals surface area (Å²) in [4.78, 5) is 0. The number of rotatable bonds is 2. The molecule has 0 spiro atoms. The first kappa shape index (κ1) is 11.0. The number of hydrogen-bond acceptors (Lipinski definition) is 4. The van der Waals surface area contributed by atoms with E-state index < -0.39 is 5.75 Å². The van der Waals surface area contributed by atoms with Gasteiger partial charge in [-0.15, -0.1) is 0 Å². The zero-order chi connectivity index (χ0) is 10.9. The van der Waals surface area contributed by atoms with Gasteiger partial charge in [-0.2, -0.15) is 11.8 Å².